The SMILES string of the molecule is O=C(NCC1CCCC1C(=O)O)C1CC(=O)N(C2CC2)C1. The largest absolute Gasteiger partial charge is 0.481 e. The molecule has 1 aliphatic heterocycles. The van der Waals surface area contributed by atoms with Gasteiger partial charge in [-0.3, -0.25) is 14.4 Å². The van der Waals surface area contributed by atoms with E-state index in [1.54, 1.807) is 0 Å². The number of rotatable bonds is 5. The molecular formula is C15H22N2O4. The van der Waals surface area contributed by atoms with E-state index in [0.29, 0.717) is 32.0 Å². The van der Waals surface area contributed by atoms with Gasteiger partial charge in [0, 0.05) is 25.6 Å². The van der Waals surface area contributed by atoms with Crippen LogP contribution >= 0.6 is 0 Å². The third-order valence-electron chi connectivity index (χ3n) is 5.03. The van der Waals surface area contributed by atoms with Crippen molar-refractivity contribution in [3.8, 4) is 0 Å². The number of carboxylic acids is 1. The molecule has 3 fully saturated rings. The smallest absolute Gasteiger partial charge is 0.306 e. The van der Waals surface area contributed by atoms with E-state index in [1.165, 1.54) is 0 Å². The van der Waals surface area contributed by atoms with Crippen LogP contribution in [0.1, 0.15) is 38.5 Å². The lowest BCUT2D eigenvalue weighted by Gasteiger charge is -2.18. The van der Waals surface area contributed by atoms with Crippen LogP contribution in [0.2, 0.25) is 0 Å². The first kappa shape index (κ1) is 14.4. The molecule has 1 saturated heterocycles. The Bertz CT molecular complexity index is 461. The fraction of sp³-hybridized carbons (Fsp3) is 0.800. The number of aliphatic carboxylic acids is 1. The van der Waals surface area contributed by atoms with Gasteiger partial charge in [0.2, 0.25) is 11.8 Å². The summed E-state index contributed by atoms with van der Waals surface area (Å²) in [6.07, 6.45) is 4.89. The maximum absolute atomic E-state index is 12.2. The summed E-state index contributed by atoms with van der Waals surface area (Å²) in [5.41, 5.74) is 0. The highest BCUT2D eigenvalue weighted by atomic mass is 16.4. The molecule has 3 unspecified atom stereocenters. The number of likely N-dealkylation sites (tertiary alicyclic amines) is 1. The van der Waals surface area contributed by atoms with E-state index in [-0.39, 0.29) is 29.6 Å². The molecule has 3 atom stereocenters. The van der Waals surface area contributed by atoms with E-state index in [4.69, 9.17) is 5.11 Å². The summed E-state index contributed by atoms with van der Waals surface area (Å²) in [5, 5.41) is 12.0. The van der Waals surface area contributed by atoms with Crippen LogP contribution in [0, 0.1) is 17.8 Å². The Balaban J connectivity index is 1.48. The molecule has 6 nitrogen and oxygen atoms in total. The molecule has 0 bridgehead atoms. The summed E-state index contributed by atoms with van der Waals surface area (Å²) in [5.74, 6) is -1.34. The van der Waals surface area contributed by atoms with E-state index >= 15 is 0 Å². The van der Waals surface area contributed by atoms with Crippen molar-refractivity contribution >= 4 is 17.8 Å². The van der Waals surface area contributed by atoms with Gasteiger partial charge in [0.1, 0.15) is 0 Å². The molecule has 2 aliphatic carbocycles. The van der Waals surface area contributed by atoms with E-state index in [2.05, 4.69) is 5.32 Å². The van der Waals surface area contributed by atoms with Gasteiger partial charge in [0.25, 0.3) is 0 Å². The van der Waals surface area contributed by atoms with Crippen molar-refractivity contribution in [1.82, 2.24) is 10.2 Å². The topological polar surface area (TPSA) is 86.7 Å². The van der Waals surface area contributed by atoms with Crippen molar-refractivity contribution in [3.05, 3.63) is 0 Å². The third kappa shape index (κ3) is 3.04. The Labute approximate surface area is 123 Å². The summed E-state index contributed by atoms with van der Waals surface area (Å²) < 4.78 is 0. The van der Waals surface area contributed by atoms with Crippen molar-refractivity contribution in [1.29, 1.82) is 0 Å². The molecule has 0 aromatic rings. The molecule has 0 spiro atoms. The van der Waals surface area contributed by atoms with Crippen molar-refractivity contribution < 1.29 is 19.5 Å². The van der Waals surface area contributed by atoms with Crippen LogP contribution in [0.15, 0.2) is 0 Å². The molecule has 0 aromatic carbocycles. The molecule has 2 N–H and O–H groups in total. The minimum absolute atomic E-state index is 0.0306. The Morgan fingerprint density at radius 3 is 2.67 bits per heavy atom. The Morgan fingerprint density at radius 1 is 1.24 bits per heavy atom. The third-order valence-corrected chi connectivity index (χ3v) is 5.03. The number of hydrogen-bond acceptors (Lipinski definition) is 3. The first-order valence-electron chi connectivity index (χ1n) is 7.86. The lowest BCUT2D eigenvalue weighted by Crippen LogP contribution is -2.37. The molecule has 0 radical (unpaired) electrons. The van der Waals surface area contributed by atoms with Gasteiger partial charge in [0.15, 0.2) is 0 Å². The second-order valence-corrected chi connectivity index (χ2v) is 6.56. The van der Waals surface area contributed by atoms with Crippen LogP contribution in [0.5, 0.6) is 0 Å². The lowest BCUT2D eigenvalue weighted by molar-refractivity contribution is -0.143. The number of nitrogens with zero attached hydrogens (tertiary/aromatic N) is 1. The minimum Gasteiger partial charge on any atom is -0.481 e. The van der Waals surface area contributed by atoms with Crippen molar-refractivity contribution in [2.45, 2.75) is 44.6 Å². The zero-order valence-corrected chi connectivity index (χ0v) is 12.1. The second-order valence-electron chi connectivity index (χ2n) is 6.56. The molecule has 2 saturated carbocycles. The maximum Gasteiger partial charge on any atom is 0.306 e. The number of amides is 2. The predicted molar refractivity (Wildman–Crippen MR) is 74.3 cm³/mol. The Kier molecular flexibility index (Phi) is 3.87. The number of carboxylic acid groups (broad SMARTS) is 1. The monoisotopic (exact) mass is 294 g/mol. The molecule has 3 rings (SSSR count). The standard InChI is InChI=1S/C15H22N2O4/c18-13-6-10(8-17(13)11-4-5-11)14(19)16-7-9-2-1-3-12(9)15(20)21/h9-12H,1-8H2,(H,16,19)(H,20,21). The van der Waals surface area contributed by atoms with Gasteiger partial charge in [0.05, 0.1) is 11.8 Å². The van der Waals surface area contributed by atoms with Crippen LogP contribution < -0.4 is 5.32 Å². The van der Waals surface area contributed by atoms with Gasteiger partial charge >= 0.3 is 5.97 Å². The van der Waals surface area contributed by atoms with Crippen molar-refractivity contribution in [2.24, 2.45) is 17.8 Å². The first-order valence-corrected chi connectivity index (χ1v) is 7.86. The molecule has 3 aliphatic rings. The van der Waals surface area contributed by atoms with Gasteiger partial charge in [-0.25, -0.2) is 0 Å². The van der Waals surface area contributed by atoms with Gasteiger partial charge < -0.3 is 15.3 Å². The zero-order chi connectivity index (χ0) is 15.0. The summed E-state index contributed by atoms with van der Waals surface area (Å²) in [4.78, 5) is 37.0. The van der Waals surface area contributed by atoms with Crippen LogP contribution in [0.4, 0.5) is 0 Å². The summed E-state index contributed by atoms with van der Waals surface area (Å²) in [6, 6.07) is 0.363. The number of carbonyl (C=O) groups excluding carboxylic acids is 2. The van der Waals surface area contributed by atoms with E-state index in [0.717, 1.165) is 25.7 Å². The highest BCUT2D eigenvalue weighted by Crippen LogP contribution is 2.33. The lowest BCUT2D eigenvalue weighted by atomic mass is 9.96. The predicted octanol–water partition coefficient (Wildman–Crippen LogP) is 0.614. The van der Waals surface area contributed by atoms with Crippen LogP contribution in [0.3, 0.4) is 0 Å². The van der Waals surface area contributed by atoms with Gasteiger partial charge in [-0.05, 0) is 31.6 Å². The van der Waals surface area contributed by atoms with E-state index < -0.39 is 5.97 Å². The van der Waals surface area contributed by atoms with Gasteiger partial charge in [-0.2, -0.15) is 0 Å². The molecule has 21 heavy (non-hydrogen) atoms. The Morgan fingerprint density at radius 2 is 2.00 bits per heavy atom. The molecule has 6 heteroatoms. The first-order chi connectivity index (χ1) is 10.1. The second kappa shape index (κ2) is 5.66. The quantitative estimate of drug-likeness (QED) is 0.778. The molecule has 2 amide bonds. The van der Waals surface area contributed by atoms with Crippen molar-refractivity contribution in [3.63, 3.8) is 0 Å². The summed E-state index contributed by atoms with van der Waals surface area (Å²) in [6.45, 7) is 0.951. The fourth-order valence-electron chi connectivity index (χ4n) is 3.63. The highest BCUT2D eigenvalue weighted by molar-refractivity contribution is 5.89. The molecular weight excluding hydrogens is 272 g/mol. The molecule has 0 aromatic heterocycles. The summed E-state index contributed by atoms with van der Waals surface area (Å²) >= 11 is 0. The van der Waals surface area contributed by atoms with Crippen LogP contribution in [0.25, 0.3) is 0 Å². The summed E-state index contributed by atoms with van der Waals surface area (Å²) in [7, 11) is 0. The fourth-order valence-corrected chi connectivity index (χ4v) is 3.63. The maximum atomic E-state index is 12.2. The van der Waals surface area contributed by atoms with Gasteiger partial charge in [-0.1, -0.05) is 6.42 Å². The van der Waals surface area contributed by atoms with E-state index in [9.17, 15) is 14.4 Å². The normalized spacial score (nSPS) is 32.5. The van der Waals surface area contributed by atoms with Crippen molar-refractivity contribution in [2.75, 3.05) is 13.1 Å². The van der Waals surface area contributed by atoms with Gasteiger partial charge in [-0.15, -0.1) is 0 Å². The molecule has 116 valence electrons. The van der Waals surface area contributed by atoms with Crippen LogP contribution in [-0.2, 0) is 14.4 Å². The Hall–Kier alpha value is -1.59. The molecule has 1 heterocycles. The number of nitrogens with one attached hydrogen (secondary N) is 1. The average molecular weight is 294 g/mol. The number of hydrogen-bond donors (Lipinski definition) is 2. The average Bonchev–Trinajstić information content (AvgIpc) is 3.04. The zero-order valence-electron chi connectivity index (χ0n) is 12.1. The minimum atomic E-state index is -0.761. The van der Waals surface area contributed by atoms with Crippen LogP contribution in [-0.4, -0.2) is 46.9 Å². The highest BCUT2D eigenvalue weighted by Gasteiger charge is 2.42. The van der Waals surface area contributed by atoms with E-state index in [1.807, 2.05) is 4.90 Å². The number of carbonyl (C=O) groups is 3.